The number of rotatable bonds is 7. The lowest BCUT2D eigenvalue weighted by Crippen LogP contribution is -2.29. The molecular weight excluding hydrogens is 270 g/mol. The number of esters is 1. The highest BCUT2D eigenvalue weighted by atomic mass is 16.6. The smallest absolute Gasteiger partial charge is 0.338 e. The van der Waals surface area contributed by atoms with Crippen molar-refractivity contribution in [2.45, 2.75) is 32.9 Å². The standard InChI is InChI=1S/C16H25NO4/c1-16(2,3)21-15(20)14-6-4-13(5-7-14)12-17(8-10-18)9-11-19/h4-7,18-19H,8-12H2,1-3H3. The summed E-state index contributed by atoms with van der Waals surface area (Å²) in [4.78, 5) is 13.8. The summed E-state index contributed by atoms with van der Waals surface area (Å²) < 4.78 is 5.31. The molecule has 0 aliphatic rings. The summed E-state index contributed by atoms with van der Waals surface area (Å²) >= 11 is 0. The third kappa shape index (κ3) is 6.71. The van der Waals surface area contributed by atoms with Gasteiger partial charge in [0.05, 0.1) is 18.8 Å². The summed E-state index contributed by atoms with van der Waals surface area (Å²) in [6.07, 6.45) is 0. The van der Waals surface area contributed by atoms with E-state index in [1.54, 1.807) is 12.1 Å². The molecule has 1 rings (SSSR count). The average molecular weight is 295 g/mol. The van der Waals surface area contributed by atoms with Crippen LogP contribution in [0.5, 0.6) is 0 Å². The molecule has 0 bridgehead atoms. The minimum atomic E-state index is -0.505. The highest BCUT2D eigenvalue weighted by molar-refractivity contribution is 5.89. The lowest BCUT2D eigenvalue weighted by Gasteiger charge is -2.21. The van der Waals surface area contributed by atoms with E-state index < -0.39 is 5.60 Å². The van der Waals surface area contributed by atoms with Crippen LogP contribution in [0, 0.1) is 0 Å². The van der Waals surface area contributed by atoms with Crippen molar-refractivity contribution in [1.29, 1.82) is 0 Å². The molecule has 5 nitrogen and oxygen atoms in total. The molecule has 0 radical (unpaired) electrons. The Morgan fingerprint density at radius 1 is 1.10 bits per heavy atom. The normalized spacial score (nSPS) is 11.7. The Morgan fingerprint density at radius 3 is 2.05 bits per heavy atom. The predicted molar refractivity (Wildman–Crippen MR) is 81.1 cm³/mol. The van der Waals surface area contributed by atoms with Crippen LogP contribution in [-0.2, 0) is 11.3 Å². The second-order valence-corrected chi connectivity index (χ2v) is 5.92. The molecule has 0 amide bonds. The summed E-state index contributed by atoms with van der Waals surface area (Å²) in [6.45, 7) is 7.24. The van der Waals surface area contributed by atoms with E-state index in [9.17, 15) is 4.79 Å². The molecule has 0 aliphatic heterocycles. The summed E-state index contributed by atoms with van der Waals surface area (Å²) in [6, 6.07) is 7.20. The van der Waals surface area contributed by atoms with E-state index in [2.05, 4.69) is 0 Å². The third-order valence-electron chi connectivity index (χ3n) is 2.83. The van der Waals surface area contributed by atoms with Crippen LogP contribution < -0.4 is 0 Å². The zero-order valence-corrected chi connectivity index (χ0v) is 13.0. The van der Waals surface area contributed by atoms with Crippen LogP contribution in [0.4, 0.5) is 0 Å². The molecule has 0 atom stereocenters. The summed E-state index contributed by atoms with van der Waals surface area (Å²) in [5.74, 6) is -0.336. The van der Waals surface area contributed by atoms with Crippen molar-refractivity contribution in [3.8, 4) is 0 Å². The third-order valence-corrected chi connectivity index (χ3v) is 2.83. The first-order chi connectivity index (χ1) is 9.85. The van der Waals surface area contributed by atoms with Crippen LogP contribution in [0.25, 0.3) is 0 Å². The molecule has 0 fully saturated rings. The van der Waals surface area contributed by atoms with Gasteiger partial charge in [-0.25, -0.2) is 4.79 Å². The molecule has 0 saturated carbocycles. The Bertz CT molecular complexity index is 431. The van der Waals surface area contributed by atoms with Crippen LogP contribution in [-0.4, -0.2) is 53.0 Å². The van der Waals surface area contributed by atoms with Crippen LogP contribution >= 0.6 is 0 Å². The molecule has 0 heterocycles. The van der Waals surface area contributed by atoms with Crippen molar-refractivity contribution in [1.82, 2.24) is 4.90 Å². The Morgan fingerprint density at radius 2 is 1.62 bits per heavy atom. The van der Waals surface area contributed by atoms with Gasteiger partial charge in [0.2, 0.25) is 0 Å². The van der Waals surface area contributed by atoms with Gasteiger partial charge in [0.25, 0.3) is 0 Å². The maximum absolute atomic E-state index is 11.9. The molecular formula is C16H25NO4. The molecule has 0 saturated heterocycles. The quantitative estimate of drug-likeness (QED) is 0.745. The van der Waals surface area contributed by atoms with Crippen molar-refractivity contribution in [2.75, 3.05) is 26.3 Å². The molecule has 0 aromatic heterocycles. The lowest BCUT2D eigenvalue weighted by atomic mass is 10.1. The first-order valence-corrected chi connectivity index (χ1v) is 7.12. The van der Waals surface area contributed by atoms with E-state index in [0.717, 1.165) is 5.56 Å². The first-order valence-electron chi connectivity index (χ1n) is 7.12. The molecule has 2 N–H and O–H groups in total. The van der Waals surface area contributed by atoms with E-state index in [1.165, 1.54) is 0 Å². The monoisotopic (exact) mass is 295 g/mol. The number of carbonyl (C=O) groups is 1. The van der Waals surface area contributed by atoms with Gasteiger partial charge in [0.1, 0.15) is 5.60 Å². The zero-order chi connectivity index (χ0) is 15.9. The number of benzene rings is 1. The largest absolute Gasteiger partial charge is 0.456 e. The van der Waals surface area contributed by atoms with Crippen LogP contribution in [0.1, 0.15) is 36.7 Å². The first kappa shape index (κ1) is 17.6. The van der Waals surface area contributed by atoms with Crippen molar-refractivity contribution >= 4 is 5.97 Å². The number of aliphatic hydroxyl groups excluding tert-OH is 2. The fraction of sp³-hybridized carbons (Fsp3) is 0.562. The topological polar surface area (TPSA) is 70.0 Å². The zero-order valence-electron chi connectivity index (χ0n) is 13.0. The van der Waals surface area contributed by atoms with E-state index in [0.29, 0.717) is 25.2 Å². The maximum atomic E-state index is 11.9. The van der Waals surface area contributed by atoms with Gasteiger partial charge in [-0.3, -0.25) is 4.90 Å². The number of hydrogen-bond acceptors (Lipinski definition) is 5. The van der Waals surface area contributed by atoms with Crippen molar-refractivity contribution < 1.29 is 19.7 Å². The maximum Gasteiger partial charge on any atom is 0.338 e. The molecule has 1 aromatic carbocycles. The molecule has 0 unspecified atom stereocenters. The van der Waals surface area contributed by atoms with Gasteiger partial charge < -0.3 is 14.9 Å². The van der Waals surface area contributed by atoms with Gasteiger partial charge in [-0.05, 0) is 38.5 Å². The minimum Gasteiger partial charge on any atom is -0.456 e. The predicted octanol–water partition coefficient (Wildman–Crippen LogP) is 1.43. The molecule has 0 spiro atoms. The van der Waals surface area contributed by atoms with Crippen LogP contribution in [0.3, 0.4) is 0 Å². The molecule has 118 valence electrons. The summed E-state index contributed by atoms with van der Waals surface area (Å²) in [5.41, 5.74) is 1.03. The van der Waals surface area contributed by atoms with Crippen molar-refractivity contribution in [2.24, 2.45) is 0 Å². The van der Waals surface area contributed by atoms with Crippen LogP contribution in [0.15, 0.2) is 24.3 Å². The highest BCUT2D eigenvalue weighted by Gasteiger charge is 2.17. The van der Waals surface area contributed by atoms with Gasteiger partial charge in [-0.1, -0.05) is 12.1 Å². The van der Waals surface area contributed by atoms with Gasteiger partial charge in [0, 0.05) is 19.6 Å². The van der Waals surface area contributed by atoms with E-state index in [-0.39, 0.29) is 19.2 Å². The van der Waals surface area contributed by atoms with Gasteiger partial charge in [-0.2, -0.15) is 0 Å². The van der Waals surface area contributed by atoms with Gasteiger partial charge in [-0.15, -0.1) is 0 Å². The lowest BCUT2D eigenvalue weighted by molar-refractivity contribution is 0.00695. The Hall–Kier alpha value is -1.43. The Balaban J connectivity index is 2.66. The second kappa shape index (κ2) is 8.12. The number of hydrogen-bond donors (Lipinski definition) is 2. The van der Waals surface area contributed by atoms with Crippen molar-refractivity contribution in [3.63, 3.8) is 0 Å². The van der Waals surface area contributed by atoms with Crippen molar-refractivity contribution in [3.05, 3.63) is 35.4 Å². The SMILES string of the molecule is CC(C)(C)OC(=O)c1ccc(CN(CCO)CCO)cc1. The molecule has 21 heavy (non-hydrogen) atoms. The number of aliphatic hydroxyl groups is 2. The van der Waals surface area contributed by atoms with Gasteiger partial charge in [0.15, 0.2) is 0 Å². The highest BCUT2D eigenvalue weighted by Crippen LogP contribution is 2.13. The Labute approximate surface area is 126 Å². The van der Waals surface area contributed by atoms with E-state index >= 15 is 0 Å². The van der Waals surface area contributed by atoms with E-state index in [4.69, 9.17) is 14.9 Å². The molecule has 5 heteroatoms. The molecule has 1 aromatic rings. The number of nitrogens with zero attached hydrogens (tertiary/aromatic N) is 1. The van der Waals surface area contributed by atoms with Crippen LogP contribution in [0.2, 0.25) is 0 Å². The number of carbonyl (C=O) groups excluding carboxylic acids is 1. The van der Waals surface area contributed by atoms with Gasteiger partial charge >= 0.3 is 5.97 Å². The molecule has 0 aliphatic carbocycles. The Kier molecular flexibility index (Phi) is 6.81. The summed E-state index contributed by atoms with van der Waals surface area (Å²) in [5, 5.41) is 18.0. The summed E-state index contributed by atoms with van der Waals surface area (Å²) in [7, 11) is 0. The van der Waals surface area contributed by atoms with E-state index in [1.807, 2.05) is 37.8 Å². The fourth-order valence-electron chi connectivity index (χ4n) is 1.89. The second-order valence-electron chi connectivity index (χ2n) is 5.92. The fourth-order valence-corrected chi connectivity index (χ4v) is 1.89. The number of ether oxygens (including phenoxy) is 1. The minimum absolute atomic E-state index is 0.0516. The average Bonchev–Trinajstić information content (AvgIpc) is 2.38.